The lowest BCUT2D eigenvalue weighted by Gasteiger charge is -2.35. The SMILES string of the molecule is Cn1c(CN2CCN(CC3CCCO3)CC2)nc2ccccc21. The number of piperazine rings is 1. The van der Waals surface area contributed by atoms with E-state index in [-0.39, 0.29) is 0 Å². The Morgan fingerprint density at radius 1 is 1.13 bits per heavy atom. The number of para-hydroxylation sites is 2. The minimum absolute atomic E-state index is 0.474. The molecule has 0 bridgehead atoms. The molecule has 2 fully saturated rings. The molecule has 23 heavy (non-hydrogen) atoms. The van der Waals surface area contributed by atoms with Crippen LogP contribution >= 0.6 is 0 Å². The van der Waals surface area contributed by atoms with Crippen LogP contribution in [-0.4, -0.2) is 64.8 Å². The number of imidazole rings is 1. The molecule has 0 amide bonds. The van der Waals surface area contributed by atoms with Gasteiger partial charge in [0.25, 0.3) is 0 Å². The van der Waals surface area contributed by atoms with E-state index in [1.54, 1.807) is 0 Å². The summed E-state index contributed by atoms with van der Waals surface area (Å²) >= 11 is 0. The number of nitrogens with zero attached hydrogens (tertiary/aromatic N) is 4. The van der Waals surface area contributed by atoms with Crippen molar-refractivity contribution in [2.24, 2.45) is 7.05 Å². The van der Waals surface area contributed by atoms with Gasteiger partial charge in [0.15, 0.2) is 0 Å². The van der Waals surface area contributed by atoms with Crippen LogP contribution in [0.25, 0.3) is 11.0 Å². The predicted octanol–water partition coefficient (Wildman–Crippen LogP) is 1.87. The molecule has 0 spiro atoms. The summed E-state index contributed by atoms with van der Waals surface area (Å²) < 4.78 is 7.99. The van der Waals surface area contributed by atoms with E-state index >= 15 is 0 Å². The Bertz CT molecular complexity index is 654. The maximum absolute atomic E-state index is 5.76. The molecule has 1 aromatic carbocycles. The lowest BCUT2D eigenvalue weighted by atomic mass is 10.2. The van der Waals surface area contributed by atoms with Gasteiger partial charge < -0.3 is 9.30 Å². The fraction of sp³-hybridized carbons (Fsp3) is 0.611. The normalized spacial score (nSPS) is 23.8. The summed E-state index contributed by atoms with van der Waals surface area (Å²) in [5.41, 5.74) is 2.32. The van der Waals surface area contributed by atoms with Crippen molar-refractivity contribution in [3.05, 3.63) is 30.1 Å². The lowest BCUT2D eigenvalue weighted by Crippen LogP contribution is -2.48. The summed E-state index contributed by atoms with van der Waals surface area (Å²) in [6, 6.07) is 8.38. The molecule has 4 rings (SSSR count). The number of aryl methyl sites for hydroxylation is 1. The first-order chi connectivity index (χ1) is 11.3. The van der Waals surface area contributed by atoms with Gasteiger partial charge in [-0.3, -0.25) is 9.80 Å². The fourth-order valence-corrected chi connectivity index (χ4v) is 3.74. The Hall–Kier alpha value is -1.43. The highest BCUT2D eigenvalue weighted by atomic mass is 16.5. The van der Waals surface area contributed by atoms with E-state index in [2.05, 4.69) is 45.7 Å². The number of hydrogen-bond donors (Lipinski definition) is 0. The fourth-order valence-electron chi connectivity index (χ4n) is 3.74. The molecule has 5 nitrogen and oxygen atoms in total. The molecule has 2 aliphatic heterocycles. The van der Waals surface area contributed by atoms with Crippen molar-refractivity contribution in [2.75, 3.05) is 39.3 Å². The van der Waals surface area contributed by atoms with Crippen molar-refractivity contribution in [3.63, 3.8) is 0 Å². The molecular formula is C18H26N4O. The second-order valence-electron chi connectivity index (χ2n) is 6.79. The first-order valence-electron chi connectivity index (χ1n) is 8.76. The van der Waals surface area contributed by atoms with E-state index in [1.807, 2.05) is 0 Å². The van der Waals surface area contributed by atoms with Crippen LogP contribution in [-0.2, 0) is 18.3 Å². The summed E-state index contributed by atoms with van der Waals surface area (Å²) in [5, 5.41) is 0. The Kier molecular flexibility index (Phi) is 4.33. The molecule has 2 aliphatic rings. The van der Waals surface area contributed by atoms with E-state index in [0.29, 0.717) is 6.10 Å². The van der Waals surface area contributed by atoms with Crippen LogP contribution in [0.2, 0.25) is 0 Å². The van der Waals surface area contributed by atoms with Crippen molar-refractivity contribution in [2.45, 2.75) is 25.5 Å². The number of fused-ring (bicyclic) bond motifs is 1. The van der Waals surface area contributed by atoms with Crippen LogP contribution in [0.3, 0.4) is 0 Å². The van der Waals surface area contributed by atoms with Gasteiger partial charge in [0.2, 0.25) is 0 Å². The molecule has 0 radical (unpaired) electrons. The second kappa shape index (κ2) is 6.59. The topological polar surface area (TPSA) is 33.5 Å². The molecule has 2 saturated heterocycles. The Balaban J connectivity index is 1.34. The smallest absolute Gasteiger partial charge is 0.123 e. The molecule has 0 aliphatic carbocycles. The number of hydrogen-bond acceptors (Lipinski definition) is 4. The minimum Gasteiger partial charge on any atom is -0.377 e. The van der Waals surface area contributed by atoms with Crippen LogP contribution in [0.1, 0.15) is 18.7 Å². The van der Waals surface area contributed by atoms with E-state index in [1.165, 1.54) is 24.2 Å². The van der Waals surface area contributed by atoms with Gasteiger partial charge in [-0.2, -0.15) is 0 Å². The molecular weight excluding hydrogens is 288 g/mol. The number of aromatic nitrogens is 2. The Morgan fingerprint density at radius 3 is 2.65 bits per heavy atom. The average molecular weight is 314 g/mol. The summed E-state index contributed by atoms with van der Waals surface area (Å²) in [5.74, 6) is 1.17. The van der Waals surface area contributed by atoms with Crippen LogP contribution in [0, 0.1) is 0 Å². The Morgan fingerprint density at radius 2 is 1.91 bits per heavy atom. The van der Waals surface area contributed by atoms with Crippen molar-refractivity contribution in [1.29, 1.82) is 0 Å². The molecule has 0 N–H and O–H groups in total. The minimum atomic E-state index is 0.474. The third kappa shape index (κ3) is 3.27. The van der Waals surface area contributed by atoms with Gasteiger partial charge in [-0.05, 0) is 25.0 Å². The average Bonchev–Trinajstić information content (AvgIpc) is 3.19. The van der Waals surface area contributed by atoms with Crippen molar-refractivity contribution in [1.82, 2.24) is 19.4 Å². The van der Waals surface area contributed by atoms with Gasteiger partial charge in [-0.25, -0.2) is 4.98 Å². The lowest BCUT2D eigenvalue weighted by molar-refractivity contribution is 0.0483. The van der Waals surface area contributed by atoms with E-state index in [4.69, 9.17) is 9.72 Å². The largest absolute Gasteiger partial charge is 0.377 e. The van der Waals surface area contributed by atoms with Gasteiger partial charge in [0.05, 0.1) is 23.7 Å². The maximum atomic E-state index is 5.76. The third-order valence-electron chi connectivity index (χ3n) is 5.20. The highest BCUT2D eigenvalue weighted by Gasteiger charge is 2.23. The molecule has 3 heterocycles. The molecule has 1 atom stereocenters. The van der Waals surface area contributed by atoms with Crippen LogP contribution in [0.4, 0.5) is 0 Å². The summed E-state index contributed by atoms with van der Waals surface area (Å²) in [7, 11) is 2.12. The van der Waals surface area contributed by atoms with Crippen molar-refractivity contribution < 1.29 is 4.74 Å². The molecule has 2 aromatic rings. The van der Waals surface area contributed by atoms with Crippen LogP contribution in [0.5, 0.6) is 0 Å². The zero-order chi connectivity index (χ0) is 15.6. The summed E-state index contributed by atoms with van der Waals surface area (Å²) in [4.78, 5) is 9.87. The first kappa shape index (κ1) is 15.1. The van der Waals surface area contributed by atoms with Crippen LogP contribution < -0.4 is 0 Å². The highest BCUT2D eigenvalue weighted by Crippen LogP contribution is 2.17. The predicted molar refractivity (Wildman–Crippen MR) is 91.4 cm³/mol. The zero-order valence-corrected chi connectivity index (χ0v) is 13.9. The van der Waals surface area contributed by atoms with E-state index in [0.717, 1.165) is 51.4 Å². The zero-order valence-electron chi connectivity index (χ0n) is 13.9. The van der Waals surface area contributed by atoms with E-state index < -0.39 is 0 Å². The van der Waals surface area contributed by atoms with Gasteiger partial charge in [0, 0.05) is 46.4 Å². The number of benzene rings is 1. The highest BCUT2D eigenvalue weighted by molar-refractivity contribution is 5.75. The quantitative estimate of drug-likeness (QED) is 0.863. The third-order valence-corrected chi connectivity index (χ3v) is 5.20. The number of ether oxygens (including phenoxy) is 1. The molecule has 124 valence electrons. The summed E-state index contributed by atoms with van der Waals surface area (Å²) in [6.45, 7) is 7.54. The monoisotopic (exact) mass is 314 g/mol. The second-order valence-corrected chi connectivity index (χ2v) is 6.79. The van der Waals surface area contributed by atoms with Crippen molar-refractivity contribution >= 4 is 11.0 Å². The van der Waals surface area contributed by atoms with E-state index in [9.17, 15) is 0 Å². The first-order valence-corrected chi connectivity index (χ1v) is 8.76. The maximum Gasteiger partial charge on any atom is 0.123 e. The standard InChI is InChI=1S/C18H26N4O/c1-20-17-7-3-2-6-16(17)19-18(20)14-22-10-8-21(9-11-22)13-15-5-4-12-23-15/h2-3,6-7,15H,4-5,8-14H2,1H3. The molecule has 1 unspecified atom stereocenters. The molecule has 0 saturated carbocycles. The van der Waals surface area contributed by atoms with Gasteiger partial charge in [0.1, 0.15) is 5.82 Å². The van der Waals surface area contributed by atoms with Gasteiger partial charge in [-0.1, -0.05) is 12.1 Å². The Labute approximate surface area is 137 Å². The number of rotatable bonds is 4. The summed E-state index contributed by atoms with van der Waals surface area (Å²) in [6.07, 6.45) is 2.94. The van der Waals surface area contributed by atoms with Gasteiger partial charge >= 0.3 is 0 Å². The molecule has 5 heteroatoms. The van der Waals surface area contributed by atoms with Crippen LogP contribution in [0.15, 0.2) is 24.3 Å². The molecule has 1 aromatic heterocycles. The van der Waals surface area contributed by atoms with Gasteiger partial charge in [-0.15, -0.1) is 0 Å². The van der Waals surface area contributed by atoms with Crippen molar-refractivity contribution in [3.8, 4) is 0 Å².